The van der Waals surface area contributed by atoms with Crippen molar-refractivity contribution in [3.63, 3.8) is 0 Å². The number of benzene rings is 1. The fourth-order valence-electron chi connectivity index (χ4n) is 1.97. The van der Waals surface area contributed by atoms with E-state index in [2.05, 4.69) is 19.7 Å². The first-order valence-electron chi connectivity index (χ1n) is 5.77. The third kappa shape index (κ3) is 1.95. The van der Waals surface area contributed by atoms with Gasteiger partial charge >= 0.3 is 5.97 Å². The van der Waals surface area contributed by atoms with Gasteiger partial charge in [0.1, 0.15) is 11.5 Å². The molecule has 0 fully saturated rings. The first kappa shape index (κ1) is 11.4. The van der Waals surface area contributed by atoms with E-state index in [1.54, 1.807) is 6.20 Å². The molecular weight excluding hydrogens is 242 g/mol. The number of imidazole rings is 1. The van der Waals surface area contributed by atoms with Crippen LogP contribution in [0.25, 0.3) is 22.3 Å². The number of carbonyl (C=O) groups is 1. The van der Waals surface area contributed by atoms with Crippen LogP contribution in [0.4, 0.5) is 0 Å². The number of esters is 1. The van der Waals surface area contributed by atoms with Gasteiger partial charge in [-0.2, -0.15) is 0 Å². The minimum atomic E-state index is -0.438. The van der Waals surface area contributed by atoms with Gasteiger partial charge in [0.25, 0.3) is 0 Å². The van der Waals surface area contributed by atoms with Crippen molar-refractivity contribution in [3.8, 4) is 11.4 Å². The van der Waals surface area contributed by atoms with Crippen molar-refractivity contribution in [3.05, 3.63) is 48.4 Å². The van der Waals surface area contributed by atoms with Crippen LogP contribution in [0.15, 0.2) is 42.7 Å². The van der Waals surface area contributed by atoms with Crippen LogP contribution in [0.2, 0.25) is 0 Å². The Morgan fingerprint density at radius 1 is 1.21 bits per heavy atom. The van der Waals surface area contributed by atoms with Crippen molar-refractivity contribution in [1.29, 1.82) is 0 Å². The Morgan fingerprint density at radius 2 is 2.05 bits per heavy atom. The quantitative estimate of drug-likeness (QED) is 0.712. The third-order valence-electron chi connectivity index (χ3n) is 2.87. The number of hydrogen-bond donors (Lipinski definition) is 1. The highest BCUT2D eigenvalue weighted by molar-refractivity contribution is 5.93. The first-order valence-corrected chi connectivity index (χ1v) is 5.77. The fraction of sp³-hybridized carbons (Fsp3) is 0.0714. The molecule has 1 aromatic carbocycles. The average molecular weight is 253 g/mol. The smallest absolute Gasteiger partial charge is 0.356 e. The molecule has 5 heteroatoms. The molecule has 94 valence electrons. The van der Waals surface area contributed by atoms with Gasteiger partial charge in [0.15, 0.2) is 0 Å². The van der Waals surface area contributed by atoms with E-state index in [1.807, 2.05) is 30.3 Å². The molecule has 0 amide bonds. The van der Waals surface area contributed by atoms with E-state index < -0.39 is 5.97 Å². The topological polar surface area (TPSA) is 67.9 Å². The molecule has 0 aliphatic carbocycles. The minimum Gasteiger partial charge on any atom is -0.464 e. The van der Waals surface area contributed by atoms with Gasteiger partial charge in [-0.05, 0) is 12.1 Å². The second-order valence-corrected chi connectivity index (χ2v) is 4.02. The summed E-state index contributed by atoms with van der Waals surface area (Å²) >= 11 is 0. The van der Waals surface area contributed by atoms with Gasteiger partial charge in [-0.3, -0.25) is 4.98 Å². The zero-order valence-electron chi connectivity index (χ0n) is 10.3. The molecule has 0 unspecified atom stereocenters. The molecule has 0 atom stereocenters. The first-order chi connectivity index (χ1) is 9.29. The molecule has 0 bridgehead atoms. The van der Waals surface area contributed by atoms with Gasteiger partial charge in [-0.1, -0.05) is 18.2 Å². The Labute approximate surface area is 109 Å². The average Bonchev–Trinajstić information content (AvgIpc) is 2.95. The SMILES string of the molecule is COC(=O)c1cnc(-c2cccc3cccnc23)[nH]1. The molecule has 2 heterocycles. The predicted octanol–water partition coefficient (Wildman–Crippen LogP) is 2.41. The second-order valence-electron chi connectivity index (χ2n) is 4.02. The van der Waals surface area contributed by atoms with Gasteiger partial charge in [-0.15, -0.1) is 0 Å². The van der Waals surface area contributed by atoms with Crippen molar-refractivity contribution >= 4 is 16.9 Å². The molecule has 0 radical (unpaired) electrons. The summed E-state index contributed by atoms with van der Waals surface area (Å²) in [5, 5.41) is 1.02. The van der Waals surface area contributed by atoms with Crippen LogP contribution in [0.1, 0.15) is 10.5 Å². The lowest BCUT2D eigenvalue weighted by Gasteiger charge is -2.02. The molecule has 19 heavy (non-hydrogen) atoms. The molecule has 3 aromatic rings. The van der Waals surface area contributed by atoms with Crippen LogP contribution in [0.5, 0.6) is 0 Å². The number of aromatic nitrogens is 3. The van der Waals surface area contributed by atoms with E-state index in [0.29, 0.717) is 11.5 Å². The summed E-state index contributed by atoms with van der Waals surface area (Å²) in [5.41, 5.74) is 2.02. The lowest BCUT2D eigenvalue weighted by atomic mass is 10.1. The number of para-hydroxylation sites is 1. The number of hydrogen-bond acceptors (Lipinski definition) is 4. The van der Waals surface area contributed by atoms with Crippen LogP contribution in [-0.2, 0) is 4.74 Å². The third-order valence-corrected chi connectivity index (χ3v) is 2.87. The van der Waals surface area contributed by atoms with E-state index in [0.717, 1.165) is 16.5 Å². The van der Waals surface area contributed by atoms with E-state index in [-0.39, 0.29) is 0 Å². The molecule has 1 N–H and O–H groups in total. The molecule has 0 saturated heterocycles. The minimum absolute atomic E-state index is 0.324. The van der Waals surface area contributed by atoms with E-state index in [1.165, 1.54) is 13.3 Å². The number of nitrogens with zero attached hydrogens (tertiary/aromatic N) is 2. The normalized spacial score (nSPS) is 10.6. The molecule has 0 aliphatic heterocycles. The van der Waals surface area contributed by atoms with Crippen LogP contribution in [-0.4, -0.2) is 28.0 Å². The number of nitrogens with one attached hydrogen (secondary N) is 1. The van der Waals surface area contributed by atoms with Crippen LogP contribution >= 0.6 is 0 Å². The van der Waals surface area contributed by atoms with Crippen LogP contribution in [0.3, 0.4) is 0 Å². The molecule has 0 aliphatic rings. The van der Waals surface area contributed by atoms with Crippen LogP contribution < -0.4 is 0 Å². The monoisotopic (exact) mass is 253 g/mol. The number of pyridine rings is 1. The Kier molecular flexibility index (Phi) is 2.72. The highest BCUT2D eigenvalue weighted by Gasteiger charge is 2.12. The summed E-state index contributed by atoms with van der Waals surface area (Å²) in [7, 11) is 1.34. The number of methoxy groups -OCH3 is 1. The maximum Gasteiger partial charge on any atom is 0.356 e. The lowest BCUT2D eigenvalue weighted by Crippen LogP contribution is -2.01. The van der Waals surface area contributed by atoms with Gasteiger partial charge < -0.3 is 9.72 Å². The Hall–Kier alpha value is -2.69. The summed E-state index contributed by atoms with van der Waals surface area (Å²) in [5.74, 6) is 0.164. The van der Waals surface area contributed by atoms with Crippen molar-refractivity contribution in [2.75, 3.05) is 7.11 Å². The molecule has 3 rings (SSSR count). The standard InChI is InChI=1S/C14H11N3O2/c1-19-14(18)11-8-16-13(17-11)10-6-2-4-9-5-3-7-15-12(9)10/h2-8H,1H3,(H,16,17). The number of rotatable bonds is 2. The number of fused-ring (bicyclic) bond motifs is 1. The molecular formula is C14H11N3O2. The van der Waals surface area contributed by atoms with Crippen LogP contribution in [0, 0.1) is 0 Å². The van der Waals surface area contributed by atoms with E-state index in [4.69, 9.17) is 0 Å². The second kappa shape index (κ2) is 4.53. The highest BCUT2D eigenvalue weighted by atomic mass is 16.5. The maximum absolute atomic E-state index is 11.4. The molecule has 0 spiro atoms. The van der Waals surface area contributed by atoms with Gasteiger partial charge in [0, 0.05) is 17.1 Å². The van der Waals surface area contributed by atoms with Crippen molar-refractivity contribution in [2.24, 2.45) is 0 Å². The lowest BCUT2D eigenvalue weighted by molar-refractivity contribution is 0.0595. The van der Waals surface area contributed by atoms with E-state index >= 15 is 0 Å². The molecule has 2 aromatic heterocycles. The predicted molar refractivity (Wildman–Crippen MR) is 70.7 cm³/mol. The van der Waals surface area contributed by atoms with Gasteiger partial charge in [0.2, 0.25) is 0 Å². The summed E-state index contributed by atoms with van der Waals surface area (Å²) in [6.45, 7) is 0. The number of aromatic amines is 1. The summed E-state index contributed by atoms with van der Waals surface area (Å²) in [6.07, 6.45) is 3.19. The number of carbonyl (C=O) groups excluding carboxylic acids is 1. The highest BCUT2D eigenvalue weighted by Crippen LogP contribution is 2.24. The number of ether oxygens (including phenoxy) is 1. The van der Waals surface area contributed by atoms with E-state index in [9.17, 15) is 4.79 Å². The Morgan fingerprint density at radius 3 is 2.89 bits per heavy atom. The van der Waals surface area contributed by atoms with Crippen molar-refractivity contribution < 1.29 is 9.53 Å². The van der Waals surface area contributed by atoms with Gasteiger partial charge in [0.05, 0.1) is 18.8 Å². The largest absolute Gasteiger partial charge is 0.464 e. The van der Waals surface area contributed by atoms with Crippen molar-refractivity contribution in [1.82, 2.24) is 15.0 Å². The summed E-state index contributed by atoms with van der Waals surface area (Å²) < 4.78 is 4.65. The zero-order chi connectivity index (χ0) is 13.2. The summed E-state index contributed by atoms with van der Waals surface area (Å²) in [4.78, 5) is 22.9. The fourth-order valence-corrected chi connectivity index (χ4v) is 1.97. The Bertz CT molecular complexity index is 744. The maximum atomic E-state index is 11.4. The zero-order valence-corrected chi connectivity index (χ0v) is 10.3. The van der Waals surface area contributed by atoms with Crippen molar-refractivity contribution in [2.45, 2.75) is 0 Å². The summed E-state index contributed by atoms with van der Waals surface area (Å²) in [6, 6.07) is 9.69. The molecule has 0 saturated carbocycles. The Balaban J connectivity index is 2.14. The number of H-pyrrole nitrogens is 1. The van der Waals surface area contributed by atoms with Gasteiger partial charge in [-0.25, -0.2) is 9.78 Å². The molecule has 5 nitrogen and oxygen atoms in total.